The monoisotopic (exact) mass is 389 g/mol. The molecule has 148 valence electrons. The Balaban J connectivity index is 1.73. The summed E-state index contributed by atoms with van der Waals surface area (Å²) in [5.74, 6) is -2.75. The Morgan fingerprint density at radius 2 is 2.07 bits per heavy atom. The van der Waals surface area contributed by atoms with Crippen molar-refractivity contribution in [2.75, 3.05) is 18.0 Å². The van der Waals surface area contributed by atoms with Gasteiger partial charge < -0.3 is 20.3 Å². The van der Waals surface area contributed by atoms with Crippen molar-refractivity contribution in [3.8, 4) is 0 Å². The summed E-state index contributed by atoms with van der Waals surface area (Å²) in [5, 5.41) is 9.09. The summed E-state index contributed by atoms with van der Waals surface area (Å²) in [6.07, 6.45) is 3.56. The zero-order valence-electron chi connectivity index (χ0n) is 15.4. The number of hydrogen-bond donors (Lipinski definition) is 2. The lowest BCUT2D eigenvalue weighted by Crippen LogP contribution is -2.55. The smallest absolute Gasteiger partial charge is 0.341 e. The molecule has 0 amide bonds. The molecule has 2 saturated carbocycles. The predicted molar refractivity (Wildman–Crippen MR) is 99.8 cm³/mol. The topological polar surface area (TPSA) is 88.6 Å². The van der Waals surface area contributed by atoms with Crippen LogP contribution in [0, 0.1) is 23.0 Å². The molecule has 6 nitrogen and oxygen atoms in total. The number of pyridine rings is 1. The summed E-state index contributed by atoms with van der Waals surface area (Å²) in [5.41, 5.74) is 4.47. The molecule has 1 aliphatic heterocycles. The third-order valence-corrected chi connectivity index (χ3v) is 6.96. The Morgan fingerprint density at radius 3 is 2.64 bits per heavy atom. The van der Waals surface area contributed by atoms with Crippen LogP contribution in [0.2, 0.25) is 0 Å². The Kier molecular flexibility index (Phi) is 3.48. The van der Waals surface area contributed by atoms with Crippen molar-refractivity contribution in [3.63, 3.8) is 0 Å². The molecule has 2 aromatic rings. The van der Waals surface area contributed by atoms with E-state index in [1.165, 1.54) is 10.8 Å². The van der Waals surface area contributed by atoms with Crippen LogP contribution >= 0.6 is 0 Å². The molecule has 2 heterocycles. The number of carbonyl (C=O) groups is 1. The average molecular weight is 389 g/mol. The van der Waals surface area contributed by atoms with Gasteiger partial charge >= 0.3 is 5.97 Å². The molecule has 1 aromatic carbocycles. The van der Waals surface area contributed by atoms with Gasteiger partial charge in [0, 0.05) is 36.8 Å². The number of anilines is 1. The third-order valence-electron chi connectivity index (χ3n) is 6.96. The molecule has 1 aromatic heterocycles. The van der Waals surface area contributed by atoms with E-state index in [2.05, 4.69) is 0 Å². The Bertz CT molecular complexity index is 1090. The summed E-state index contributed by atoms with van der Waals surface area (Å²) >= 11 is 0. The van der Waals surface area contributed by atoms with Crippen LogP contribution in [0.1, 0.15) is 42.6 Å². The summed E-state index contributed by atoms with van der Waals surface area (Å²) in [6, 6.07) is 0.927. The van der Waals surface area contributed by atoms with E-state index in [4.69, 9.17) is 5.73 Å². The van der Waals surface area contributed by atoms with E-state index in [0.717, 1.165) is 25.3 Å². The van der Waals surface area contributed by atoms with Gasteiger partial charge in [-0.05, 0) is 31.2 Å². The summed E-state index contributed by atoms with van der Waals surface area (Å²) in [6.45, 7) is 3.02. The fourth-order valence-electron chi connectivity index (χ4n) is 4.94. The first-order chi connectivity index (χ1) is 13.2. The van der Waals surface area contributed by atoms with Crippen LogP contribution in [-0.2, 0) is 0 Å². The van der Waals surface area contributed by atoms with E-state index in [9.17, 15) is 19.1 Å². The fourth-order valence-corrected chi connectivity index (χ4v) is 4.94. The lowest BCUT2D eigenvalue weighted by molar-refractivity contribution is 0.0694. The van der Waals surface area contributed by atoms with Crippen LogP contribution in [-0.4, -0.2) is 34.8 Å². The molecule has 0 unspecified atom stereocenters. The van der Waals surface area contributed by atoms with Gasteiger partial charge in [0.25, 0.3) is 0 Å². The second kappa shape index (κ2) is 5.53. The number of aromatic nitrogens is 1. The molecule has 3 aliphatic rings. The summed E-state index contributed by atoms with van der Waals surface area (Å²) in [4.78, 5) is 25.7. The lowest BCUT2D eigenvalue weighted by atomic mass is 9.60. The zero-order chi connectivity index (χ0) is 20.0. The molecular weight excluding hydrogens is 368 g/mol. The molecule has 2 aliphatic carbocycles. The first-order valence-electron chi connectivity index (χ1n) is 9.53. The van der Waals surface area contributed by atoms with Gasteiger partial charge in [-0.2, -0.15) is 0 Å². The molecule has 0 bridgehead atoms. The quantitative estimate of drug-likeness (QED) is 0.842. The van der Waals surface area contributed by atoms with Gasteiger partial charge in [0.1, 0.15) is 17.1 Å². The lowest BCUT2D eigenvalue weighted by Gasteiger charge is -2.47. The second-order valence-corrected chi connectivity index (χ2v) is 8.66. The highest BCUT2D eigenvalue weighted by Crippen LogP contribution is 2.52. The van der Waals surface area contributed by atoms with E-state index < -0.39 is 28.6 Å². The van der Waals surface area contributed by atoms with Gasteiger partial charge in [0.05, 0.1) is 10.9 Å². The van der Waals surface area contributed by atoms with Crippen molar-refractivity contribution in [1.82, 2.24) is 4.57 Å². The second-order valence-electron chi connectivity index (χ2n) is 8.66. The number of aromatic carboxylic acids is 1. The van der Waals surface area contributed by atoms with Crippen LogP contribution < -0.4 is 16.1 Å². The van der Waals surface area contributed by atoms with E-state index in [1.54, 1.807) is 4.90 Å². The number of benzene rings is 1. The zero-order valence-corrected chi connectivity index (χ0v) is 15.4. The molecule has 3 fully saturated rings. The van der Waals surface area contributed by atoms with Crippen molar-refractivity contribution in [2.45, 2.75) is 38.3 Å². The first-order valence-corrected chi connectivity index (χ1v) is 9.53. The average Bonchev–Trinajstić information content (AvgIpc) is 3.43. The van der Waals surface area contributed by atoms with Gasteiger partial charge in [-0.3, -0.25) is 4.79 Å². The molecular formula is C20H21F2N3O3. The van der Waals surface area contributed by atoms with Crippen LogP contribution in [0.4, 0.5) is 14.5 Å². The van der Waals surface area contributed by atoms with E-state index in [1.807, 2.05) is 6.92 Å². The predicted octanol–water partition coefficient (Wildman–Crippen LogP) is 2.49. The Morgan fingerprint density at radius 1 is 1.36 bits per heavy atom. The van der Waals surface area contributed by atoms with E-state index >= 15 is 4.39 Å². The molecule has 5 rings (SSSR count). The van der Waals surface area contributed by atoms with Crippen molar-refractivity contribution in [3.05, 3.63) is 39.7 Å². The molecule has 8 heteroatoms. The minimum absolute atomic E-state index is 0.0110. The first kappa shape index (κ1) is 17.6. The fraction of sp³-hybridized carbons (Fsp3) is 0.500. The number of nitrogens with zero attached hydrogens (tertiary/aromatic N) is 2. The number of carboxylic acid groups (broad SMARTS) is 1. The number of carboxylic acids is 1. The van der Waals surface area contributed by atoms with E-state index in [0.29, 0.717) is 13.1 Å². The van der Waals surface area contributed by atoms with Gasteiger partial charge in [-0.1, -0.05) is 6.92 Å². The van der Waals surface area contributed by atoms with Gasteiger partial charge in [0.2, 0.25) is 5.43 Å². The summed E-state index contributed by atoms with van der Waals surface area (Å²) in [7, 11) is 0. The maximum atomic E-state index is 15.6. The maximum Gasteiger partial charge on any atom is 0.341 e. The molecule has 3 N–H and O–H groups in total. The highest BCUT2D eigenvalue weighted by molar-refractivity contribution is 5.94. The number of rotatable bonds is 3. The van der Waals surface area contributed by atoms with Crippen LogP contribution in [0.15, 0.2) is 17.1 Å². The Hall–Kier alpha value is -2.48. The largest absolute Gasteiger partial charge is 0.477 e. The van der Waals surface area contributed by atoms with Crippen molar-refractivity contribution >= 4 is 22.6 Å². The van der Waals surface area contributed by atoms with Gasteiger partial charge in [-0.15, -0.1) is 0 Å². The molecule has 0 radical (unpaired) electrons. The molecule has 1 saturated heterocycles. The van der Waals surface area contributed by atoms with Crippen molar-refractivity contribution in [2.24, 2.45) is 17.1 Å². The number of nitrogens with two attached hydrogens (primary N) is 1. The number of fused-ring (bicyclic) bond motifs is 2. The van der Waals surface area contributed by atoms with Gasteiger partial charge in [-0.25, -0.2) is 13.6 Å². The highest BCUT2D eigenvalue weighted by Gasteiger charge is 2.55. The normalized spacial score (nSPS) is 29.1. The van der Waals surface area contributed by atoms with Crippen LogP contribution in [0.3, 0.4) is 0 Å². The SMILES string of the molecule is C[C@@]12CN(c3c(F)cc4c(=O)c(C(=O)O)cn(C5CC5)c4c3F)C[C@@H]1C[C@@H]2N. The Labute approximate surface area is 159 Å². The van der Waals surface area contributed by atoms with E-state index in [-0.39, 0.29) is 40.0 Å². The highest BCUT2D eigenvalue weighted by atomic mass is 19.1. The maximum absolute atomic E-state index is 15.6. The number of hydrogen-bond acceptors (Lipinski definition) is 4. The van der Waals surface area contributed by atoms with Crippen molar-refractivity contribution in [1.29, 1.82) is 0 Å². The van der Waals surface area contributed by atoms with Crippen molar-refractivity contribution < 1.29 is 18.7 Å². The minimum atomic E-state index is -1.40. The van der Waals surface area contributed by atoms with Crippen LogP contribution in [0.25, 0.3) is 10.9 Å². The standard InChI is InChI=1S/C20H21F2N3O3/c1-20-8-24(6-9(20)4-14(20)23)17-13(21)5-11-16(15(17)22)25(10-2-3-10)7-12(18(11)26)19(27)28/h5,7,9-10,14H,2-4,6,8,23H2,1H3,(H,27,28)/t9-,14-,20+/m0/s1. The summed E-state index contributed by atoms with van der Waals surface area (Å²) < 4.78 is 32.1. The van der Waals surface area contributed by atoms with Gasteiger partial charge in [0.15, 0.2) is 5.82 Å². The number of halogens is 2. The van der Waals surface area contributed by atoms with Crippen LogP contribution in [0.5, 0.6) is 0 Å². The molecule has 28 heavy (non-hydrogen) atoms. The molecule has 3 atom stereocenters. The minimum Gasteiger partial charge on any atom is -0.477 e. The third kappa shape index (κ3) is 2.21. The molecule has 0 spiro atoms.